The molecule has 0 bridgehead atoms. The number of phenolic OH excluding ortho intramolecular Hbond substituents is 1. The maximum Gasteiger partial charge on any atom is 0.336 e. The Bertz CT molecular complexity index is 692. The molecule has 120 valence electrons. The molecule has 2 rings (SSSR count). The van der Waals surface area contributed by atoms with Crippen LogP contribution >= 0.6 is 11.8 Å². The van der Waals surface area contributed by atoms with E-state index in [0.717, 1.165) is 42.1 Å². The molecular formula is C17H23NO3S. The van der Waals surface area contributed by atoms with Gasteiger partial charge in [-0.2, -0.15) is 11.8 Å². The van der Waals surface area contributed by atoms with Gasteiger partial charge in [0, 0.05) is 35.1 Å². The van der Waals surface area contributed by atoms with Gasteiger partial charge in [0.25, 0.3) is 0 Å². The average Bonchev–Trinajstić information content (AvgIpc) is 2.51. The predicted octanol–water partition coefficient (Wildman–Crippen LogP) is 3.38. The van der Waals surface area contributed by atoms with E-state index in [2.05, 4.69) is 18.7 Å². The molecule has 1 N–H and O–H groups in total. The van der Waals surface area contributed by atoms with Crippen LogP contribution in [0.2, 0.25) is 0 Å². The third kappa shape index (κ3) is 3.84. The van der Waals surface area contributed by atoms with Crippen molar-refractivity contribution in [2.24, 2.45) is 0 Å². The third-order valence-electron chi connectivity index (χ3n) is 3.92. The minimum atomic E-state index is -0.361. The molecule has 22 heavy (non-hydrogen) atoms. The standard InChI is InChI=1S/C17H23NO3S/c1-4-18(5-2)8-9-22-11-13-10-16(20)21-17-12(3)15(19)7-6-14(13)17/h6-7,10,19H,4-5,8-9,11H2,1-3H3. The van der Waals surface area contributed by atoms with E-state index < -0.39 is 0 Å². The molecule has 0 aliphatic heterocycles. The minimum Gasteiger partial charge on any atom is -0.508 e. The van der Waals surface area contributed by atoms with Gasteiger partial charge in [0.05, 0.1) is 0 Å². The van der Waals surface area contributed by atoms with Crippen molar-refractivity contribution in [3.63, 3.8) is 0 Å². The largest absolute Gasteiger partial charge is 0.508 e. The first-order chi connectivity index (χ1) is 10.6. The highest BCUT2D eigenvalue weighted by Gasteiger charge is 2.10. The topological polar surface area (TPSA) is 53.7 Å². The van der Waals surface area contributed by atoms with Crippen LogP contribution in [0, 0.1) is 6.92 Å². The van der Waals surface area contributed by atoms with Crippen molar-refractivity contribution in [2.75, 3.05) is 25.4 Å². The SMILES string of the molecule is CCN(CC)CCSCc1cc(=O)oc2c(C)c(O)ccc12. The second-order valence-corrected chi connectivity index (χ2v) is 6.36. The smallest absolute Gasteiger partial charge is 0.336 e. The van der Waals surface area contributed by atoms with E-state index in [1.54, 1.807) is 19.1 Å². The summed E-state index contributed by atoms with van der Waals surface area (Å²) in [6.45, 7) is 9.27. The molecule has 0 radical (unpaired) electrons. The third-order valence-corrected chi connectivity index (χ3v) is 4.91. The Labute approximate surface area is 135 Å². The number of nitrogens with zero attached hydrogens (tertiary/aromatic N) is 1. The van der Waals surface area contributed by atoms with E-state index >= 15 is 0 Å². The zero-order chi connectivity index (χ0) is 16.1. The van der Waals surface area contributed by atoms with E-state index in [-0.39, 0.29) is 11.4 Å². The number of hydrogen-bond acceptors (Lipinski definition) is 5. The van der Waals surface area contributed by atoms with Gasteiger partial charge in [-0.25, -0.2) is 4.79 Å². The molecule has 0 saturated heterocycles. The van der Waals surface area contributed by atoms with Gasteiger partial charge >= 0.3 is 5.63 Å². The summed E-state index contributed by atoms with van der Waals surface area (Å²) in [6, 6.07) is 5.03. The summed E-state index contributed by atoms with van der Waals surface area (Å²) in [4.78, 5) is 14.1. The summed E-state index contributed by atoms with van der Waals surface area (Å²) < 4.78 is 5.26. The summed E-state index contributed by atoms with van der Waals surface area (Å²) in [5.74, 6) is 1.95. The predicted molar refractivity (Wildman–Crippen MR) is 92.8 cm³/mol. The van der Waals surface area contributed by atoms with E-state index in [1.165, 1.54) is 0 Å². The Morgan fingerprint density at radius 2 is 2.00 bits per heavy atom. The Hall–Kier alpha value is -1.46. The zero-order valence-electron chi connectivity index (χ0n) is 13.4. The molecule has 0 aliphatic rings. The number of hydrogen-bond donors (Lipinski definition) is 1. The van der Waals surface area contributed by atoms with E-state index in [1.807, 2.05) is 17.8 Å². The average molecular weight is 321 g/mol. The Balaban J connectivity index is 2.14. The van der Waals surface area contributed by atoms with Crippen LogP contribution in [-0.2, 0) is 5.75 Å². The number of rotatable bonds is 7. The zero-order valence-corrected chi connectivity index (χ0v) is 14.2. The van der Waals surface area contributed by atoms with E-state index in [0.29, 0.717) is 11.1 Å². The van der Waals surface area contributed by atoms with Crippen molar-refractivity contribution in [3.05, 3.63) is 39.7 Å². The van der Waals surface area contributed by atoms with Crippen LogP contribution in [0.25, 0.3) is 11.0 Å². The van der Waals surface area contributed by atoms with Crippen LogP contribution in [0.5, 0.6) is 5.75 Å². The van der Waals surface area contributed by atoms with Gasteiger partial charge < -0.3 is 14.4 Å². The molecule has 2 aromatic rings. The molecule has 1 aromatic carbocycles. The molecule has 4 nitrogen and oxygen atoms in total. The van der Waals surface area contributed by atoms with Crippen LogP contribution in [0.1, 0.15) is 25.0 Å². The highest BCUT2D eigenvalue weighted by atomic mass is 32.2. The number of fused-ring (bicyclic) bond motifs is 1. The summed E-state index contributed by atoms with van der Waals surface area (Å²) in [6.07, 6.45) is 0. The highest BCUT2D eigenvalue weighted by molar-refractivity contribution is 7.98. The molecule has 5 heteroatoms. The number of aromatic hydroxyl groups is 1. The lowest BCUT2D eigenvalue weighted by Crippen LogP contribution is -2.25. The molecule has 1 aromatic heterocycles. The first kappa shape index (κ1) is 16.9. The van der Waals surface area contributed by atoms with Crippen LogP contribution in [0.15, 0.2) is 27.4 Å². The number of thioether (sulfide) groups is 1. The Morgan fingerprint density at radius 3 is 2.68 bits per heavy atom. The number of aryl methyl sites for hydroxylation is 1. The highest BCUT2D eigenvalue weighted by Crippen LogP contribution is 2.28. The van der Waals surface area contributed by atoms with Gasteiger partial charge in [-0.3, -0.25) is 0 Å². The second kappa shape index (κ2) is 7.70. The van der Waals surface area contributed by atoms with Crippen LogP contribution < -0.4 is 5.63 Å². The van der Waals surface area contributed by atoms with Crippen LogP contribution in [-0.4, -0.2) is 35.4 Å². The van der Waals surface area contributed by atoms with Crippen molar-refractivity contribution in [1.82, 2.24) is 4.90 Å². The maximum atomic E-state index is 11.7. The molecule has 0 spiro atoms. The molecule has 0 amide bonds. The fraction of sp³-hybridized carbons (Fsp3) is 0.471. The monoisotopic (exact) mass is 321 g/mol. The fourth-order valence-electron chi connectivity index (χ4n) is 2.45. The summed E-state index contributed by atoms with van der Waals surface area (Å²) in [5, 5.41) is 10.7. The Kier molecular flexibility index (Phi) is 5.91. The summed E-state index contributed by atoms with van der Waals surface area (Å²) in [7, 11) is 0. The van der Waals surface area contributed by atoms with E-state index in [9.17, 15) is 9.90 Å². The lowest BCUT2D eigenvalue weighted by molar-refractivity contribution is 0.324. The second-order valence-electron chi connectivity index (χ2n) is 5.26. The maximum absolute atomic E-state index is 11.7. The van der Waals surface area contributed by atoms with Crippen molar-refractivity contribution in [2.45, 2.75) is 26.5 Å². The van der Waals surface area contributed by atoms with Gasteiger partial charge in [0.15, 0.2) is 0 Å². The van der Waals surface area contributed by atoms with Crippen molar-refractivity contribution in [3.8, 4) is 5.75 Å². The lowest BCUT2D eigenvalue weighted by Gasteiger charge is -2.17. The van der Waals surface area contributed by atoms with Gasteiger partial charge in [-0.05, 0) is 37.7 Å². The van der Waals surface area contributed by atoms with Gasteiger partial charge in [0.1, 0.15) is 11.3 Å². The summed E-state index contributed by atoms with van der Waals surface area (Å²) in [5.41, 5.74) is 1.72. The lowest BCUT2D eigenvalue weighted by atomic mass is 10.1. The van der Waals surface area contributed by atoms with E-state index in [4.69, 9.17) is 4.42 Å². The first-order valence-electron chi connectivity index (χ1n) is 7.62. The van der Waals surface area contributed by atoms with Crippen LogP contribution in [0.3, 0.4) is 0 Å². The van der Waals surface area contributed by atoms with Crippen molar-refractivity contribution in [1.29, 1.82) is 0 Å². The van der Waals surface area contributed by atoms with Gasteiger partial charge in [-0.15, -0.1) is 0 Å². The first-order valence-corrected chi connectivity index (χ1v) is 8.77. The quantitative estimate of drug-likeness (QED) is 0.626. The fourth-order valence-corrected chi connectivity index (χ4v) is 3.44. The molecule has 0 atom stereocenters. The molecule has 0 aliphatic carbocycles. The van der Waals surface area contributed by atoms with Crippen molar-refractivity contribution >= 4 is 22.7 Å². The summed E-state index contributed by atoms with van der Waals surface area (Å²) >= 11 is 1.81. The van der Waals surface area contributed by atoms with Gasteiger partial charge in [0.2, 0.25) is 0 Å². The Morgan fingerprint density at radius 1 is 1.27 bits per heavy atom. The minimum absolute atomic E-state index is 0.155. The van der Waals surface area contributed by atoms with Gasteiger partial charge in [-0.1, -0.05) is 13.8 Å². The molecule has 0 fully saturated rings. The number of phenols is 1. The normalized spacial score (nSPS) is 11.5. The molecular weight excluding hydrogens is 298 g/mol. The molecule has 0 saturated carbocycles. The number of benzene rings is 1. The van der Waals surface area contributed by atoms with Crippen LogP contribution in [0.4, 0.5) is 0 Å². The molecule has 0 unspecified atom stereocenters. The molecule has 1 heterocycles. The van der Waals surface area contributed by atoms with Crippen molar-refractivity contribution < 1.29 is 9.52 Å².